The first-order chi connectivity index (χ1) is 7.66. The summed E-state index contributed by atoms with van der Waals surface area (Å²) in [6.07, 6.45) is 1.37. The molecule has 4 heteroatoms. The normalized spacial score (nSPS) is 12.0. The van der Waals surface area contributed by atoms with Gasteiger partial charge in [-0.15, -0.1) is 0 Å². The molecule has 0 radical (unpaired) electrons. The Morgan fingerprint density at radius 3 is 2.35 bits per heavy atom. The summed E-state index contributed by atoms with van der Waals surface area (Å²) in [5.74, 6) is -0.242. The van der Waals surface area contributed by atoms with E-state index >= 15 is 0 Å². The summed E-state index contributed by atoms with van der Waals surface area (Å²) in [5.41, 5.74) is -0.410. The third-order valence-electron chi connectivity index (χ3n) is 2.21. The smallest absolute Gasteiger partial charge is 0.320 e. The lowest BCUT2D eigenvalue weighted by molar-refractivity contribution is -0.153. The highest BCUT2D eigenvalue weighted by atomic mass is 16.6. The second-order valence-electron chi connectivity index (χ2n) is 6.01. The van der Waals surface area contributed by atoms with Gasteiger partial charge in [-0.05, 0) is 32.6 Å². The fourth-order valence-electron chi connectivity index (χ4n) is 1.36. The molecule has 0 saturated carbocycles. The molecule has 0 heterocycles. The lowest BCUT2D eigenvalue weighted by Crippen LogP contribution is -2.36. The Hall–Kier alpha value is -1.08. The number of carbonyl (C=O) groups excluding carboxylic acids is 1. The second kappa shape index (κ2) is 6.61. The van der Waals surface area contributed by atoms with E-state index in [-0.39, 0.29) is 17.9 Å². The molecule has 0 aromatic carbocycles. The van der Waals surface area contributed by atoms with E-state index in [1.807, 2.05) is 20.8 Å². The summed E-state index contributed by atoms with van der Waals surface area (Å²) in [6, 6.07) is 2.13. The molecule has 98 valence electrons. The van der Waals surface area contributed by atoms with Crippen molar-refractivity contribution in [1.29, 1.82) is 5.26 Å². The van der Waals surface area contributed by atoms with Gasteiger partial charge in [-0.3, -0.25) is 4.79 Å². The van der Waals surface area contributed by atoms with Gasteiger partial charge in [-0.2, -0.15) is 5.26 Å². The van der Waals surface area contributed by atoms with Crippen LogP contribution in [0.25, 0.3) is 0 Å². The lowest BCUT2D eigenvalue weighted by atomic mass is 9.88. The molecule has 0 fully saturated rings. The number of esters is 1. The highest BCUT2D eigenvalue weighted by Gasteiger charge is 2.19. The first-order valence-electron chi connectivity index (χ1n) is 5.96. The molecule has 0 aromatic rings. The van der Waals surface area contributed by atoms with Crippen LogP contribution in [0.2, 0.25) is 0 Å². The Balaban J connectivity index is 3.84. The maximum absolute atomic E-state index is 11.4. The van der Waals surface area contributed by atoms with Crippen LogP contribution < -0.4 is 5.32 Å². The van der Waals surface area contributed by atoms with Crippen LogP contribution in [0.15, 0.2) is 0 Å². The van der Waals surface area contributed by atoms with Crippen molar-refractivity contribution >= 4 is 5.97 Å². The number of nitrogens with zero attached hydrogens (tertiary/aromatic N) is 1. The topological polar surface area (TPSA) is 62.1 Å². The largest absolute Gasteiger partial charge is 0.459 e. The predicted molar refractivity (Wildman–Crippen MR) is 67.3 cm³/mol. The quantitative estimate of drug-likeness (QED) is 0.723. The molecule has 0 saturated heterocycles. The molecular formula is C13H24N2O2. The van der Waals surface area contributed by atoms with E-state index < -0.39 is 5.60 Å². The number of rotatable bonds is 6. The van der Waals surface area contributed by atoms with E-state index in [1.54, 1.807) is 0 Å². The van der Waals surface area contributed by atoms with Crippen LogP contribution in [-0.4, -0.2) is 24.7 Å². The Bertz CT molecular complexity index is 285. The van der Waals surface area contributed by atoms with Gasteiger partial charge in [0.1, 0.15) is 5.60 Å². The SMILES string of the molecule is CC(C)(CCC#N)CNCC(=O)OC(C)(C)C. The maximum Gasteiger partial charge on any atom is 0.320 e. The van der Waals surface area contributed by atoms with Crippen molar-refractivity contribution in [2.45, 2.75) is 53.1 Å². The van der Waals surface area contributed by atoms with E-state index in [0.717, 1.165) is 6.42 Å². The van der Waals surface area contributed by atoms with Crippen LogP contribution >= 0.6 is 0 Å². The summed E-state index contributed by atoms with van der Waals surface area (Å²) in [6.45, 7) is 10.6. The highest BCUT2D eigenvalue weighted by Crippen LogP contribution is 2.20. The minimum Gasteiger partial charge on any atom is -0.459 e. The molecule has 0 aliphatic heterocycles. The third kappa shape index (κ3) is 9.83. The average molecular weight is 240 g/mol. The van der Waals surface area contributed by atoms with Crippen molar-refractivity contribution < 1.29 is 9.53 Å². The van der Waals surface area contributed by atoms with Gasteiger partial charge in [0.25, 0.3) is 0 Å². The van der Waals surface area contributed by atoms with E-state index in [9.17, 15) is 4.79 Å². The van der Waals surface area contributed by atoms with Gasteiger partial charge < -0.3 is 10.1 Å². The monoisotopic (exact) mass is 240 g/mol. The second-order valence-corrected chi connectivity index (χ2v) is 6.01. The molecule has 0 aliphatic carbocycles. The number of hydrogen-bond donors (Lipinski definition) is 1. The van der Waals surface area contributed by atoms with Crippen LogP contribution in [0, 0.1) is 16.7 Å². The molecular weight excluding hydrogens is 216 g/mol. The summed E-state index contributed by atoms with van der Waals surface area (Å²) in [7, 11) is 0. The standard InChI is InChI=1S/C13H24N2O2/c1-12(2,3)17-11(16)9-15-10-13(4,5)7-6-8-14/h15H,6-7,9-10H2,1-5H3. The molecule has 1 N–H and O–H groups in total. The summed E-state index contributed by atoms with van der Waals surface area (Å²) >= 11 is 0. The van der Waals surface area contributed by atoms with Crippen molar-refractivity contribution in [3.05, 3.63) is 0 Å². The molecule has 0 amide bonds. The van der Waals surface area contributed by atoms with E-state index in [4.69, 9.17) is 10.00 Å². The zero-order chi connectivity index (χ0) is 13.5. The van der Waals surface area contributed by atoms with Crippen molar-refractivity contribution in [2.24, 2.45) is 5.41 Å². The van der Waals surface area contributed by atoms with Crippen molar-refractivity contribution in [1.82, 2.24) is 5.32 Å². The third-order valence-corrected chi connectivity index (χ3v) is 2.21. The van der Waals surface area contributed by atoms with E-state index in [1.165, 1.54) is 0 Å². The lowest BCUT2D eigenvalue weighted by Gasteiger charge is -2.24. The number of nitriles is 1. The molecule has 0 rings (SSSR count). The molecule has 0 aromatic heterocycles. The molecule has 0 aliphatic rings. The molecule has 4 nitrogen and oxygen atoms in total. The van der Waals surface area contributed by atoms with Crippen molar-refractivity contribution in [3.63, 3.8) is 0 Å². The van der Waals surface area contributed by atoms with Gasteiger partial charge in [-0.1, -0.05) is 13.8 Å². The summed E-state index contributed by atoms with van der Waals surface area (Å²) in [5, 5.41) is 11.6. The minimum absolute atomic E-state index is 0.0255. The van der Waals surface area contributed by atoms with Crippen LogP contribution in [0.4, 0.5) is 0 Å². The van der Waals surface area contributed by atoms with Gasteiger partial charge in [0.15, 0.2) is 0 Å². The van der Waals surface area contributed by atoms with Gasteiger partial charge in [0.2, 0.25) is 0 Å². The van der Waals surface area contributed by atoms with Crippen molar-refractivity contribution in [3.8, 4) is 6.07 Å². The van der Waals surface area contributed by atoms with Crippen molar-refractivity contribution in [2.75, 3.05) is 13.1 Å². The van der Waals surface area contributed by atoms with Crippen LogP contribution in [0.1, 0.15) is 47.5 Å². The zero-order valence-corrected chi connectivity index (χ0v) is 11.6. The first kappa shape index (κ1) is 15.9. The van der Waals surface area contributed by atoms with Gasteiger partial charge in [0.05, 0.1) is 12.6 Å². The maximum atomic E-state index is 11.4. The van der Waals surface area contributed by atoms with E-state index in [2.05, 4.69) is 25.2 Å². The predicted octanol–water partition coefficient (Wildman–Crippen LogP) is 2.25. The Kier molecular flexibility index (Phi) is 6.19. The molecule has 0 spiro atoms. The summed E-state index contributed by atoms with van der Waals surface area (Å²) in [4.78, 5) is 11.4. The van der Waals surface area contributed by atoms with Crippen LogP contribution in [0.3, 0.4) is 0 Å². The Morgan fingerprint density at radius 1 is 1.29 bits per heavy atom. The molecule has 0 atom stereocenters. The molecule has 17 heavy (non-hydrogen) atoms. The summed E-state index contributed by atoms with van der Waals surface area (Å²) < 4.78 is 5.18. The highest BCUT2D eigenvalue weighted by molar-refractivity contribution is 5.72. The van der Waals surface area contributed by atoms with E-state index in [0.29, 0.717) is 13.0 Å². The van der Waals surface area contributed by atoms with Gasteiger partial charge >= 0.3 is 5.97 Å². The number of nitrogens with one attached hydrogen (secondary N) is 1. The Labute approximate surface area is 104 Å². The zero-order valence-electron chi connectivity index (χ0n) is 11.6. The van der Waals surface area contributed by atoms with Crippen LogP contribution in [-0.2, 0) is 9.53 Å². The fraction of sp³-hybridized carbons (Fsp3) is 0.846. The van der Waals surface area contributed by atoms with Gasteiger partial charge in [-0.25, -0.2) is 0 Å². The number of carbonyl (C=O) groups is 1. The Morgan fingerprint density at radius 2 is 1.88 bits per heavy atom. The number of hydrogen-bond acceptors (Lipinski definition) is 4. The minimum atomic E-state index is -0.435. The van der Waals surface area contributed by atoms with Crippen LogP contribution in [0.5, 0.6) is 0 Å². The molecule has 0 unspecified atom stereocenters. The number of ether oxygens (including phenoxy) is 1. The van der Waals surface area contributed by atoms with Gasteiger partial charge in [0, 0.05) is 13.0 Å². The average Bonchev–Trinajstić information content (AvgIpc) is 2.11. The fourth-order valence-corrected chi connectivity index (χ4v) is 1.36. The molecule has 0 bridgehead atoms. The first-order valence-corrected chi connectivity index (χ1v) is 5.96.